The van der Waals surface area contributed by atoms with Gasteiger partial charge in [-0.05, 0) is 56.0 Å². The molecule has 3 aliphatic carbocycles. The first-order valence-electron chi connectivity index (χ1n) is 13.9. The lowest BCUT2D eigenvalue weighted by Crippen LogP contribution is -2.73. The van der Waals surface area contributed by atoms with Gasteiger partial charge in [-0.2, -0.15) is 0 Å². The van der Waals surface area contributed by atoms with Crippen molar-refractivity contribution in [1.82, 2.24) is 9.80 Å². The molecule has 4 unspecified atom stereocenters. The summed E-state index contributed by atoms with van der Waals surface area (Å²) < 4.78 is 5.33. The molecular formula is C29H37N3O9. The molecule has 3 fully saturated rings. The van der Waals surface area contributed by atoms with Gasteiger partial charge in [-0.15, -0.1) is 0 Å². The summed E-state index contributed by atoms with van der Waals surface area (Å²) in [4.78, 5) is 56.3. The summed E-state index contributed by atoms with van der Waals surface area (Å²) in [6.45, 7) is 5.19. The number of fused-ring (bicyclic) bond motifs is 3. The fourth-order valence-corrected chi connectivity index (χ4v) is 7.32. The Morgan fingerprint density at radius 3 is 2.37 bits per heavy atom. The van der Waals surface area contributed by atoms with E-state index in [0.29, 0.717) is 37.4 Å². The van der Waals surface area contributed by atoms with Crippen molar-refractivity contribution in [2.75, 3.05) is 40.4 Å². The van der Waals surface area contributed by atoms with Crippen LogP contribution in [0.3, 0.4) is 0 Å². The van der Waals surface area contributed by atoms with Gasteiger partial charge in [0.15, 0.2) is 11.4 Å². The van der Waals surface area contributed by atoms with Crippen molar-refractivity contribution in [3.05, 3.63) is 33.9 Å². The van der Waals surface area contributed by atoms with Crippen LogP contribution < -0.4 is 5.73 Å². The SMILES string of the molecule is CC(C)c1cc(C(=O)N2CCOCC2)c(O)c2c1CC1CC3[C@H](N(C)C)C(O)C(C(N)=O)C(=O)[C@@]3(O)C(=O)C1=C2O. The summed E-state index contributed by atoms with van der Waals surface area (Å²) in [7, 11) is 3.21. The van der Waals surface area contributed by atoms with Crippen molar-refractivity contribution in [2.45, 2.75) is 50.4 Å². The number of nitrogens with zero attached hydrogens (tertiary/aromatic N) is 2. The zero-order chi connectivity index (χ0) is 30.1. The number of phenolic OH excluding ortho intramolecular Hbond substituents is 1. The third kappa shape index (κ3) is 4.18. The van der Waals surface area contributed by atoms with Crippen LogP contribution >= 0.6 is 0 Å². The van der Waals surface area contributed by atoms with Crippen LogP contribution in [-0.4, -0.2) is 112 Å². The molecule has 222 valence electrons. The Bertz CT molecular complexity index is 1360. The van der Waals surface area contributed by atoms with E-state index < -0.39 is 70.4 Å². The maximum Gasteiger partial charge on any atom is 0.257 e. The summed E-state index contributed by atoms with van der Waals surface area (Å²) in [5.74, 6) is -8.72. The van der Waals surface area contributed by atoms with E-state index in [2.05, 4.69) is 0 Å². The van der Waals surface area contributed by atoms with Crippen LogP contribution in [0.1, 0.15) is 53.2 Å². The first-order valence-corrected chi connectivity index (χ1v) is 13.9. The van der Waals surface area contributed by atoms with Crippen LogP contribution in [0, 0.1) is 17.8 Å². The first-order chi connectivity index (χ1) is 19.2. The van der Waals surface area contributed by atoms with Crippen LogP contribution in [-0.2, 0) is 25.5 Å². The lowest BCUT2D eigenvalue weighted by atomic mass is 9.54. The zero-order valence-corrected chi connectivity index (χ0v) is 23.6. The monoisotopic (exact) mass is 571 g/mol. The number of primary amides is 1. The van der Waals surface area contributed by atoms with Gasteiger partial charge in [0, 0.05) is 30.6 Å². The molecule has 5 rings (SSSR count). The second kappa shape index (κ2) is 10.2. The number of aromatic hydroxyl groups is 1. The summed E-state index contributed by atoms with van der Waals surface area (Å²) in [6.07, 6.45) is -1.33. The van der Waals surface area contributed by atoms with Gasteiger partial charge in [0.05, 0.1) is 30.4 Å². The molecule has 12 nitrogen and oxygen atoms in total. The molecule has 6 atom stereocenters. The van der Waals surface area contributed by atoms with Gasteiger partial charge >= 0.3 is 0 Å². The fourth-order valence-electron chi connectivity index (χ4n) is 7.32. The normalized spacial score (nSPS) is 31.7. The Labute approximate surface area is 237 Å². The smallest absolute Gasteiger partial charge is 0.257 e. The minimum atomic E-state index is -2.73. The second-order valence-electron chi connectivity index (χ2n) is 12.1. The van der Waals surface area contributed by atoms with Crippen molar-refractivity contribution in [3.63, 3.8) is 0 Å². The zero-order valence-electron chi connectivity index (χ0n) is 23.6. The van der Waals surface area contributed by atoms with E-state index >= 15 is 0 Å². The molecule has 0 spiro atoms. The van der Waals surface area contributed by atoms with Crippen molar-refractivity contribution < 1.29 is 44.3 Å². The second-order valence-corrected chi connectivity index (χ2v) is 12.1. The predicted octanol–water partition coefficient (Wildman–Crippen LogP) is -0.275. The van der Waals surface area contributed by atoms with E-state index in [1.807, 2.05) is 13.8 Å². The van der Waals surface area contributed by atoms with Gasteiger partial charge in [0.2, 0.25) is 11.7 Å². The molecule has 2 saturated carbocycles. The lowest BCUT2D eigenvalue weighted by molar-refractivity contribution is -0.184. The Kier molecular flexibility index (Phi) is 7.26. The number of likely N-dealkylation sites (N-methyl/N-ethyl adjacent to an activating group) is 1. The average Bonchev–Trinajstić information content (AvgIpc) is 2.90. The third-order valence-corrected chi connectivity index (χ3v) is 9.27. The molecule has 1 saturated heterocycles. The van der Waals surface area contributed by atoms with Crippen molar-refractivity contribution in [1.29, 1.82) is 0 Å². The third-order valence-electron chi connectivity index (χ3n) is 9.27. The molecule has 0 radical (unpaired) electrons. The van der Waals surface area contributed by atoms with Crippen LogP contribution in [0.5, 0.6) is 5.75 Å². The molecule has 6 N–H and O–H groups in total. The minimum absolute atomic E-state index is 0.0295. The standard InChI is InChI=1S/C29H37N3O9/c1-12(2)14-11-16(28(39)32-5-7-41-8-6-32)22(33)19-15(14)9-13-10-17-21(31(3)4)24(35)20(27(30)38)26(37)29(17,40)25(36)18(13)23(19)34/h11-13,17,20-21,24,33-35,40H,5-10H2,1-4H3,(H2,30,38)/t13?,17?,20?,21-,24?,29-/m0/s1. The molecule has 1 aliphatic heterocycles. The molecule has 0 aromatic heterocycles. The first kappa shape index (κ1) is 29.2. The summed E-state index contributed by atoms with van der Waals surface area (Å²) in [5, 5.41) is 45.8. The van der Waals surface area contributed by atoms with Gasteiger partial charge in [-0.3, -0.25) is 19.2 Å². The van der Waals surface area contributed by atoms with Gasteiger partial charge in [0.1, 0.15) is 17.4 Å². The number of carbonyl (C=O) groups is 4. The molecule has 1 aromatic rings. The van der Waals surface area contributed by atoms with Crippen LogP contribution in [0.4, 0.5) is 0 Å². The molecule has 4 aliphatic rings. The number of hydrogen-bond acceptors (Lipinski definition) is 10. The highest BCUT2D eigenvalue weighted by Gasteiger charge is 2.67. The Hall–Kier alpha value is -3.32. The highest BCUT2D eigenvalue weighted by Crippen LogP contribution is 2.53. The minimum Gasteiger partial charge on any atom is -0.507 e. The number of phenols is 1. The number of hydrogen-bond donors (Lipinski definition) is 5. The molecule has 41 heavy (non-hydrogen) atoms. The Morgan fingerprint density at radius 1 is 1.17 bits per heavy atom. The van der Waals surface area contributed by atoms with E-state index in [0.717, 1.165) is 0 Å². The van der Waals surface area contributed by atoms with E-state index in [4.69, 9.17) is 10.5 Å². The molecule has 12 heteroatoms. The average molecular weight is 572 g/mol. The van der Waals surface area contributed by atoms with E-state index in [1.54, 1.807) is 30.0 Å². The Morgan fingerprint density at radius 2 is 1.80 bits per heavy atom. The Balaban J connectivity index is 1.69. The molecule has 1 heterocycles. The van der Waals surface area contributed by atoms with Crippen molar-refractivity contribution in [3.8, 4) is 5.75 Å². The number of Topliss-reactive ketones (excluding diaryl/α,β-unsaturated/α-hetero) is 2. The number of aliphatic hydroxyl groups is 3. The van der Waals surface area contributed by atoms with Crippen LogP contribution in [0.15, 0.2) is 11.6 Å². The van der Waals surface area contributed by atoms with E-state index in [-0.39, 0.29) is 35.5 Å². The van der Waals surface area contributed by atoms with Crippen LogP contribution in [0.2, 0.25) is 0 Å². The number of carbonyl (C=O) groups excluding carboxylic acids is 4. The molecular weight excluding hydrogens is 534 g/mol. The number of morpholine rings is 1. The maximum absolute atomic E-state index is 14.1. The van der Waals surface area contributed by atoms with Gasteiger partial charge in [-0.25, -0.2) is 0 Å². The number of rotatable bonds is 4. The van der Waals surface area contributed by atoms with Crippen molar-refractivity contribution >= 4 is 29.1 Å². The maximum atomic E-state index is 14.1. The highest BCUT2D eigenvalue weighted by molar-refractivity contribution is 6.25. The number of ether oxygens (including phenoxy) is 1. The number of benzene rings is 1. The van der Waals surface area contributed by atoms with Gasteiger partial charge in [-0.1, -0.05) is 13.8 Å². The highest BCUT2D eigenvalue weighted by atomic mass is 16.5. The quantitative estimate of drug-likeness (QED) is 0.301. The topological polar surface area (TPSA) is 191 Å². The largest absolute Gasteiger partial charge is 0.507 e. The lowest BCUT2D eigenvalue weighted by Gasteiger charge is -2.53. The number of aliphatic hydroxyl groups excluding tert-OH is 2. The van der Waals surface area contributed by atoms with E-state index in [9.17, 15) is 39.6 Å². The summed E-state index contributed by atoms with van der Waals surface area (Å²) >= 11 is 0. The summed E-state index contributed by atoms with van der Waals surface area (Å²) in [6, 6.07) is 0.667. The summed E-state index contributed by atoms with van der Waals surface area (Å²) in [5.41, 5.74) is 3.63. The fraction of sp³-hybridized carbons (Fsp3) is 0.586. The van der Waals surface area contributed by atoms with Crippen LogP contribution in [0.25, 0.3) is 5.76 Å². The predicted molar refractivity (Wildman–Crippen MR) is 145 cm³/mol. The number of amides is 2. The molecule has 1 aromatic carbocycles. The van der Waals surface area contributed by atoms with E-state index in [1.165, 1.54) is 0 Å². The number of nitrogens with two attached hydrogens (primary N) is 1. The number of ketones is 2. The molecule has 0 bridgehead atoms. The van der Waals surface area contributed by atoms with Gasteiger partial charge in [0.25, 0.3) is 5.91 Å². The van der Waals surface area contributed by atoms with Gasteiger partial charge < -0.3 is 40.7 Å². The van der Waals surface area contributed by atoms with Crippen molar-refractivity contribution in [2.24, 2.45) is 23.5 Å². The molecule has 2 amide bonds.